The van der Waals surface area contributed by atoms with E-state index < -0.39 is 5.60 Å². The first-order valence-corrected chi connectivity index (χ1v) is 12.7. The van der Waals surface area contributed by atoms with Gasteiger partial charge >= 0.3 is 0 Å². The SMILES string of the molecule is CC(C)CCC[C@](C)(O)[C@H]1CC[C@H]2[C@@H]3CC=C4C[C@@H](O)CC[C@@]4(C)[C@H]3CC[C@@]21C. The van der Waals surface area contributed by atoms with Crippen LogP contribution in [0.25, 0.3) is 0 Å². The van der Waals surface area contributed by atoms with E-state index in [9.17, 15) is 10.2 Å². The Bertz CT molecular complexity index is 634. The smallest absolute Gasteiger partial charge is 0.0653 e. The standard InChI is InChI=1S/C27H46O2/c1-18(2)7-6-14-27(5,29)24-11-10-22-21-9-8-19-17-20(28)12-15-25(19,3)23(21)13-16-26(22,24)4/h8,18,20-24,28-29H,6-7,9-17H2,1-5H3/t20-,21-,22-,23-,24-,25+,26-,27-/m0/s1. The van der Waals surface area contributed by atoms with Crippen molar-refractivity contribution < 1.29 is 10.2 Å². The third-order valence-corrected chi connectivity index (χ3v) is 10.3. The van der Waals surface area contributed by atoms with E-state index in [0.717, 1.165) is 49.4 Å². The topological polar surface area (TPSA) is 40.5 Å². The highest BCUT2D eigenvalue weighted by molar-refractivity contribution is 5.25. The summed E-state index contributed by atoms with van der Waals surface area (Å²) in [7, 11) is 0. The molecule has 0 spiro atoms. The molecule has 29 heavy (non-hydrogen) atoms. The van der Waals surface area contributed by atoms with Gasteiger partial charge in [0.2, 0.25) is 0 Å². The van der Waals surface area contributed by atoms with Crippen LogP contribution in [0, 0.1) is 40.4 Å². The predicted molar refractivity (Wildman–Crippen MR) is 121 cm³/mol. The van der Waals surface area contributed by atoms with Crippen molar-refractivity contribution in [3.63, 3.8) is 0 Å². The number of aliphatic hydroxyl groups excluding tert-OH is 1. The molecule has 4 aliphatic carbocycles. The number of rotatable bonds is 5. The minimum absolute atomic E-state index is 0.114. The quantitative estimate of drug-likeness (QED) is 0.515. The molecule has 0 aromatic rings. The van der Waals surface area contributed by atoms with Crippen LogP contribution < -0.4 is 0 Å². The minimum Gasteiger partial charge on any atom is -0.393 e. The van der Waals surface area contributed by atoms with Gasteiger partial charge in [-0.05, 0) is 105 Å². The molecule has 0 aromatic heterocycles. The molecule has 4 rings (SSSR count). The summed E-state index contributed by atoms with van der Waals surface area (Å²) < 4.78 is 0. The third-order valence-electron chi connectivity index (χ3n) is 10.3. The Morgan fingerprint density at radius 1 is 1.10 bits per heavy atom. The second-order valence-corrected chi connectivity index (χ2v) is 12.5. The zero-order valence-corrected chi connectivity index (χ0v) is 19.7. The third kappa shape index (κ3) is 3.65. The Morgan fingerprint density at radius 2 is 1.86 bits per heavy atom. The van der Waals surface area contributed by atoms with Gasteiger partial charge in [0.25, 0.3) is 0 Å². The van der Waals surface area contributed by atoms with Gasteiger partial charge in [-0.1, -0.05) is 52.2 Å². The van der Waals surface area contributed by atoms with E-state index in [0.29, 0.717) is 16.7 Å². The van der Waals surface area contributed by atoms with Crippen LogP contribution in [0.2, 0.25) is 0 Å². The number of hydrogen-bond acceptors (Lipinski definition) is 2. The Hall–Kier alpha value is -0.340. The highest BCUT2D eigenvalue weighted by atomic mass is 16.3. The van der Waals surface area contributed by atoms with Crippen molar-refractivity contribution in [2.75, 3.05) is 0 Å². The molecule has 0 bridgehead atoms. The monoisotopic (exact) mass is 402 g/mol. The van der Waals surface area contributed by atoms with Gasteiger partial charge < -0.3 is 10.2 Å². The highest BCUT2D eigenvalue weighted by Crippen LogP contribution is 2.67. The summed E-state index contributed by atoms with van der Waals surface area (Å²) in [6.45, 7) is 11.8. The first kappa shape index (κ1) is 21.9. The van der Waals surface area contributed by atoms with Crippen molar-refractivity contribution in [3.8, 4) is 0 Å². The first-order chi connectivity index (χ1) is 13.6. The molecule has 0 radical (unpaired) electrons. The minimum atomic E-state index is -0.514. The van der Waals surface area contributed by atoms with Crippen molar-refractivity contribution in [2.24, 2.45) is 40.4 Å². The van der Waals surface area contributed by atoms with Gasteiger partial charge in [-0.15, -0.1) is 0 Å². The van der Waals surface area contributed by atoms with Gasteiger partial charge in [0.15, 0.2) is 0 Å². The first-order valence-electron chi connectivity index (χ1n) is 12.7. The fraction of sp³-hybridized carbons (Fsp3) is 0.926. The Labute approximate surface area is 179 Å². The zero-order chi connectivity index (χ0) is 21.0. The van der Waals surface area contributed by atoms with Crippen LogP contribution in [-0.2, 0) is 0 Å². The average molecular weight is 403 g/mol. The Kier molecular flexibility index (Phi) is 5.78. The molecule has 0 saturated heterocycles. The molecule has 2 N–H and O–H groups in total. The predicted octanol–water partition coefficient (Wildman–Crippen LogP) is 6.50. The van der Waals surface area contributed by atoms with Crippen LogP contribution in [0.5, 0.6) is 0 Å². The Morgan fingerprint density at radius 3 is 2.59 bits per heavy atom. The molecule has 0 aromatic carbocycles. The maximum absolute atomic E-state index is 11.6. The fourth-order valence-corrected chi connectivity index (χ4v) is 8.71. The van der Waals surface area contributed by atoms with Gasteiger partial charge in [0.05, 0.1) is 11.7 Å². The summed E-state index contributed by atoms with van der Waals surface area (Å²) in [6, 6.07) is 0. The van der Waals surface area contributed by atoms with Crippen LogP contribution in [0.15, 0.2) is 11.6 Å². The fourth-order valence-electron chi connectivity index (χ4n) is 8.71. The number of aliphatic hydroxyl groups is 2. The van der Waals surface area contributed by atoms with Gasteiger partial charge in [-0.2, -0.15) is 0 Å². The number of hydrogen-bond donors (Lipinski definition) is 2. The lowest BCUT2D eigenvalue weighted by Gasteiger charge is -2.59. The lowest BCUT2D eigenvalue weighted by Crippen LogP contribution is -2.53. The van der Waals surface area contributed by atoms with E-state index in [2.05, 4.69) is 40.7 Å². The van der Waals surface area contributed by atoms with E-state index in [1.54, 1.807) is 5.57 Å². The average Bonchev–Trinajstić information content (AvgIpc) is 3.00. The second kappa shape index (κ2) is 7.66. The van der Waals surface area contributed by atoms with Gasteiger partial charge in [-0.3, -0.25) is 0 Å². The number of allylic oxidation sites excluding steroid dienone is 1. The van der Waals surface area contributed by atoms with E-state index in [4.69, 9.17) is 0 Å². The Balaban J connectivity index is 1.53. The summed E-state index contributed by atoms with van der Waals surface area (Å²) in [5.41, 5.74) is 1.68. The summed E-state index contributed by atoms with van der Waals surface area (Å²) in [5, 5.41) is 21.8. The highest BCUT2D eigenvalue weighted by Gasteiger charge is 2.61. The molecule has 0 amide bonds. The van der Waals surface area contributed by atoms with Crippen molar-refractivity contribution in [1.29, 1.82) is 0 Å². The molecule has 2 nitrogen and oxygen atoms in total. The molecule has 166 valence electrons. The summed E-state index contributed by atoms with van der Waals surface area (Å²) in [4.78, 5) is 0. The maximum Gasteiger partial charge on any atom is 0.0653 e. The number of fused-ring (bicyclic) bond motifs is 5. The molecule has 8 atom stereocenters. The van der Waals surface area contributed by atoms with Gasteiger partial charge in [0, 0.05) is 0 Å². The normalized spacial score (nSPS) is 46.5. The van der Waals surface area contributed by atoms with Crippen molar-refractivity contribution in [2.45, 2.75) is 117 Å². The molecule has 0 heterocycles. The largest absolute Gasteiger partial charge is 0.393 e. The summed E-state index contributed by atoms with van der Waals surface area (Å²) in [5.74, 6) is 3.53. The van der Waals surface area contributed by atoms with Crippen LogP contribution in [-0.4, -0.2) is 21.9 Å². The molecule has 4 aliphatic rings. The van der Waals surface area contributed by atoms with Gasteiger partial charge in [0.1, 0.15) is 0 Å². The zero-order valence-electron chi connectivity index (χ0n) is 19.7. The summed E-state index contributed by atoms with van der Waals surface area (Å²) >= 11 is 0. The van der Waals surface area contributed by atoms with E-state index in [-0.39, 0.29) is 6.10 Å². The van der Waals surface area contributed by atoms with Crippen LogP contribution in [0.4, 0.5) is 0 Å². The van der Waals surface area contributed by atoms with E-state index in [1.807, 2.05) is 0 Å². The van der Waals surface area contributed by atoms with Crippen LogP contribution in [0.1, 0.15) is 105 Å². The lowest BCUT2D eigenvalue weighted by molar-refractivity contribution is -0.105. The van der Waals surface area contributed by atoms with Crippen LogP contribution >= 0.6 is 0 Å². The molecule has 2 heteroatoms. The molecule has 3 fully saturated rings. The lowest BCUT2D eigenvalue weighted by atomic mass is 9.46. The van der Waals surface area contributed by atoms with Crippen molar-refractivity contribution >= 4 is 0 Å². The maximum atomic E-state index is 11.6. The molecule has 3 saturated carbocycles. The van der Waals surface area contributed by atoms with E-state index in [1.165, 1.54) is 44.9 Å². The molecule has 0 unspecified atom stereocenters. The second-order valence-electron chi connectivity index (χ2n) is 12.5. The van der Waals surface area contributed by atoms with Gasteiger partial charge in [-0.25, -0.2) is 0 Å². The molecular weight excluding hydrogens is 356 g/mol. The van der Waals surface area contributed by atoms with E-state index >= 15 is 0 Å². The molecular formula is C27H46O2. The summed E-state index contributed by atoms with van der Waals surface area (Å²) in [6.07, 6.45) is 15.2. The van der Waals surface area contributed by atoms with Crippen LogP contribution in [0.3, 0.4) is 0 Å². The van der Waals surface area contributed by atoms with Crippen molar-refractivity contribution in [1.82, 2.24) is 0 Å². The molecule has 0 aliphatic heterocycles. The van der Waals surface area contributed by atoms with Crippen molar-refractivity contribution in [3.05, 3.63) is 11.6 Å².